The van der Waals surface area contributed by atoms with Crippen LogP contribution in [0.4, 0.5) is 13.2 Å². The predicted octanol–water partition coefficient (Wildman–Crippen LogP) is 5.18. The Morgan fingerprint density at radius 1 is 1.00 bits per heavy atom. The van der Waals surface area contributed by atoms with Gasteiger partial charge in [-0.2, -0.15) is 13.2 Å². The van der Waals surface area contributed by atoms with E-state index in [9.17, 15) is 22.8 Å². The van der Waals surface area contributed by atoms with Crippen molar-refractivity contribution in [2.24, 2.45) is 11.8 Å². The minimum atomic E-state index is -4.60. The van der Waals surface area contributed by atoms with Gasteiger partial charge in [0.25, 0.3) is 5.91 Å². The fourth-order valence-corrected chi connectivity index (χ4v) is 4.41. The molecule has 2 saturated carbocycles. The van der Waals surface area contributed by atoms with Gasteiger partial charge in [-0.1, -0.05) is 18.9 Å². The number of carbonyl (C=O) groups excluding carboxylic acids is 2. The molecule has 0 aromatic carbocycles. The van der Waals surface area contributed by atoms with Gasteiger partial charge < -0.3 is 5.32 Å². The van der Waals surface area contributed by atoms with Crippen LogP contribution in [0.25, 0.3) is 0 Å². The molecule has 0 atom stereocenters. The summed E-state index contributed by atoms with van der Waals surface area (Å²) in [6.07, 6.45) is 4.98. The third kappa shape index (κ3) is 5.34. The normalized spacial score (nSPS) is 21.2. The number of nitrogens with one attached hydrogen (secondary N) is 1. The highest BCUT2D eigenvalue weighted by atomic mass is 19.4. The van der Waals surface area contributed by atoms with Crippen molar-refractivity contribution in [2.45, 2.75) is 57.0 Å². The summed E-state index contributed by atoms with van der Waals surface area (Å²) in [4.78, 5) is 32.8. The summed E-state index contributed by atoms with van der Waals surface area (Å²) < 4.78 is 39.7. The number of Topliss-reactive ketones (excluding diaryl/α,β-unsaturated/α-hetero) is 1. The van der Waals surface area contributed by atoms with Gasteiger partial charge in [-0.05, 0) is 61.6 Å². The van der Waals surface area contributed by atoms with Gasteiger partial charge in [0, 0.05) is 36.6 Å². The summed E-state index contributed by atoms with van der Waals surface area (Å²) in [5, 5.41) is 2.89. The molecular formula is C24H26F3N3O2. The molecule has 2 fully saturated rings. The van der Waals surface area contributed by atoms with Crippen molar-refractivity contribution in [2.75, 3.05) is 6.54 Å². The van der Waals surface area contributed by atoms with Crippen LogP contribution in [0.3, 0.4) is 0 Å². The number of alkyl halides is 3. The maximum atomic E-state index is 13.2. The van der Waals surface area contributed by atoms with E-state index in [1.165, 1.54) is 19.0 Å². The van der Waals surface area contributed by atoms with Gasteiger partial charge >= 0.3 is 6.18 Å². The van der Waals surface area contributed by atoms with Gasteiger partial charge in [0.05, 0.1) is 5.56 Å². The molecule has 5 nitrogen and oxygen atoms in total. The van der Waals surface area contributed by atoms with Crippen molar-refractivity contribution in [1.29, 1.82) is 0 Å². The second-order valence-electron chi connectivity index (χ2n) is 8.80. The first kappa shape index (κ1) is 22.4. The van der Waals surface area contributed by atoms with Gasteiger partial charge in [-0.3, -0.25) is 19.6 Å². The van der Waals surface area contributed by atoms with Crippen LogP contribution in [0.5, 0.6) is 0 Å². The second-order valence-corrected chi connectivity index (χ2v) is 8.80. The van der Waals surface area contributed by atoms with Gasteiger partial charge in [0.15, 0.2) is 5.78 Å². The quantitative estimate of drug-likeness (QED) is 0.596. The van der Waals surface area contributed by atoms with E-state index in [1.807, 2.05) is 6.07 Å². The van der Waals surface area contributed by atoms with Crippen LogP contribution >= 0.6 is 0 Å². The van der Waals surface area contributed by atoms with E-state index in [2.05, 4.69) is 15.3 Å². The smallest absolute Gasteiger partial charge is 0.351 e. The topological polar surface area (TPSA) is 72.0 Å². The first-order valence-electron chi connectivity index (χ1n) is 11.1. The molecule has 8 heteroatoms. The number of carbonyl (C=O) groups is 2. The van der Waals surface area contributed by atoms with Crippen LogP contribution in [0.15, 0.2) is 36.8 Å². The molecule has 2 aromatic rings. The maximum Gasteiger partial charge on any atom is 0.418 e. The van der Waals surface area contributed by atoms with E-state index in [0.717, 1.165) is 24.0 Å². The van der Waals surface area contributed by atoms with Crippen LogP contribution < -0.4 is 5.32 Å². The zero-order chi connectivity index (χ0) is 22.7. The Hall–Kier alpha value is -2.77. The van der Waals surface area contributed by atoms with Gasteiger partial charge in [-0.15, -0.1) is 0 Å². The van der Waals surface area contributed by atoms with E-state index in [0.29, 0.717) is 44.1 Å². The predicted molar refractivity (Wildman–Crippen MR) is 112 cm³/mol. The van der Waals surface area contributed by atoms with Crippen molar-refractivity contribution >= 4 is 11.7 Å². The summed E-state index contributed by atoms with van der Waals surface area (Å²) in [5.74, 6) is -0.137. The molecule has 0 aliphatic heterocycles. The lowest BCUT2D eigenvalue weighted by molar-refractivity contribution is -0.138. The Morgan fingerprint density at radius 2 is 1.75 bits per heavy atom. The average molecular weight is 445 g/mol. The molecule has 1 N–H and O–H groups in total. The fraction of sp³-hybridized carbons (Fsp3) is 0.500. The zero-order valence-electron chi connectivity index (χ0n) is 17.7. The summed E-state index contributed by atoms with van der Waals surface area (Å²) in [6.45, 7) is 0.665. The number of rotatable bonds is 7. The third-order valence-electron chi connectivity index (χ3n) is 6.52. The molecule has 1 amide bonds. The molecule has 0 saturated heterocycles. The largest absolute Gasteiger partial charge is 0.418 e. The minimum Gasteiger partial charge on any atom is -0.351 e. The first-order valence-corrected chi connectivity index (χ1v) is 11.1. The SMILES string of the molecule is O=C(NCCC1CC1)c1ccc(C2CCC(C(=O)c3ccncc3C(F)(F)F)CC2)cn1. The Labute approximate surface area is 184 Å². The molecule has 0 bridgehead atoms. The first-order chi connectivity index (χ1) is 15.3. The van der Waals surface area contributed by atoms with Gasteiger partial charge in [0.2, 0.25) is 0 Å². The van der Waals surface area contributed by atoms with E-state index < -0.39 is 23.4 Å². The highest BCUT2D eigenvalue weighted by Crippen LogP contribution is 2.39. The third-order valence-corrected chi connectivity index (χ3v) is 6.52. The number of ketones is 1. The number of amides is 1. The number of nitrogens with zero attached hydrogens (tertiary/aromatic N) is 2. The molecule has 0 spiro atoms. The van der Waals surface area contributed by atoms with Crippen molar-refractivity contribution < 1.29 is 22.8 Å². The Balaban J connectivity index is 1.32. The molecule has 2 aromatic heterocycles. The summed E-state index contributed by atoms with van der Waals surface area (Å²) in [7, 11) is 0. The molecular weight excluding hydrogens is 419 g/mol. The van der Waals surface area contributed by atoms with Gasteiger partial charge in [0.1, 0.15) is 5.69 Å². The van der Waals surface area contributed by atoms with Crippen LogP contribution in [0, 0.1) is 11.8 Å². The van der Waals surface area contributed by atoms with Crippen LogP contribution in [0.2, 0.25) is 0 Å². The summed E-state index contributed by atoms with van der Waals surface area (Å²) in [5.41, 5.74) is 0.105. The lowest BCUT2D eigenvalue weighted by Gasteiger charge is -2.28. The van der Waals surface area contributed by atoms with Crippen molar-refractivity contribution in [1.82, 2.24) is 15.3 Å². The Morgan fingerprint density at radius 3 is 2.38 bits per heavy atom. The van der Waals surface area contributed by atoms with E-state index in [4.69, 9.17) is 0 Å². The summed E-state index contributed by atoms with van der Waals surface area (Å²) in [6, 6.07) is 4.77. The second kappa shape index (κ2) is 9.38. The number of halogens is 3. The molecule has 4 rings (SSSR count). The highest BCUT2D eigenvalue weighted by molar-refractivity contribution is 5.99. The van der Waals surface area contributed by atoms with Gasteiger partial charge in [-0.25, -0.2) is 0 Å². The molecule has 2 heterocycles. The van der Waals surface area contributed by atoms with Crippen LogP contribution in [-0.4, -0.2) is 28.2 Å². The lowest BCUT2D eigenvalue weighted by Crippen LogP contribution is -2.26. The number of hydrogen-bond donors (Lipinski definition) is 1. The van der Waals surface area contributed by atoms with Crippen molar-refractivity contribution in [3.63, 3.8) is 0 Å². The van der Waals surface area contributed by atoms with Crippen LogP contribution in [-0.2, 0) is 6.18 Å². The number of pyridine rings is 2. The van der Waals surface area contributed by atoms with Crippen molar-refractivity contribution in [3.05, 3.63) is 59.2 Å². The Bertz CT molecular complexity index is 963. The molecule has 170 valence electrons. The molecule has 2 aliphatic rings. The average Bonchev–Trinajstić information content (AvgIpc) is 3.63. The zero-order valence-corrected chi connectivity index (χ0v) is 17.7. The molecule has 0 radical (unpaired) electrons. The molecule has 32 heavy (non-hydrogen) atoms. The van der Waals surface area contributed by atoms with E-state index in [-0.39, 0.29) is 17.4 Å². The monoisotopic (exact) mass is 445 g/mol. The standard InChI is InChI=1S/C24H26F3N3O2/c25-24(26,27)20-14-28-11-10-19(20)22(31)17-5-3-16(4-6-17)18-7-8-21(30-13-18)23(32)29-12-9-15-1-2-15/h7-8,10-11,13-17H,1-6,9,12H2,(H,29,32). The minimum absolute atomic E-state index is 0.177. The molecule has 2 aliphatic carbocycles. The summed E-state index contributed by atoms with van der Waals surface area (Å²) >= 11 is 0. The number of aromatic nitrogens is 2. The highest BCUT2D eigenvalue weighted by Gasteiger charge is 2.37. The maximum absolute atomic E-state index is 13.2. The Kier molecular flexibility index (Phi) is 6.58. The fourth-order valence-electron chi connectivity index (χ4n) is 4.41. The lowest BCUT2D eigenvalue weighted by atomic mass is 9.76. The van der Waals surface area contributed by atoms with E-state index >= 15 is 0 Å². The van der Waals surface area contributed by atoms with E-state index in [1.54, 1.807) is 12.3 Å². The van der Waals surface area contributed by atoms with Crippen LogP contribution in [0.1, 0.15) is 82.8 Å². The molecule has 0 unspecified atom stereocenters. The number of hydrogen-bond acceptors (Lipinski definition) is 4. The van der Waals surface area contributed by atoms with Crippen molar-refractivity contribution in [3.8, 4) is 0 Å².